The van der Waals surface area contributed by atoms with Gasteiger partial charge in [-0.3, -0.25) is 0 Å². The maximum atomic E-state index is 3.46. The van der Waals surface area contributed by atoms with Gasteiger partial charge in [-0.25, -0.2) is 0 Å². The number of hydrogen-bond acceptors (Lipinski definition) is 2. The smallest absolute Gasteiger partial charge is 0.000724 e. The first-order valence-electron chi connectivity index (χ1n) is 6.67. The summed E-state index contributed by atoms with van der Waals surface area (Å²) in [6.45, 7) is 11.3. The van der Waals surface area contributed by atoms with Crippen molar-refractivity contribution in [3.05, 3.63) is 0 Å². The number of hydrogen-bond donors (Lipinski definition) is 1. The largest absolute Gasteiger partial charge is 0.316 e. The van der Waals surface area contributed by atoms with Crippen LogP contribution in [0.3, 0.4) is 0 Å². The van der Waals surface area contributed by atoms with E-state index in [-0.39, 0.29) is 0 Å². The van der Waals surface area contributed by atoms with Crippen LogP contribution < -0.4 is 5.32 Å². The van der Waals surface area contributed by atoms with Gasteiger partial charge in [-0.05, 0) is 56.7 Å². The molecule has 3 unspecified atom stereocenters. The van der Waals surface area contributed by atoms with Crippen molar-refractivity contribution in [1.82, 2.24) is 10.2 Å². The van der Waals surface area contributed by atoms with Gasteiger partial charge < -0.3 is 10.2 Å². The second-order valence-electron chi connectivity index (χ2n) is 5.85. The summed E-state index contributed by atoms with van der Waals surface area (Å²) in [4.78, 5) is 2.69. The minimum Gasteiger partial charge on any atom is -0.316 e. The van der Waals surface area contributed by atoms with Crippen molar-refractivity contribution >= 4 is 0 Å². The molecule has 0 aliphatic carbocycles. The summed E-state index contributed by atoms with van der Waals surface area (Å²) in [6.07, 6.45) is 4.24. The van der Waals surface area contributed by atoms with Crippen molar-refractivity contribution in [3.8, 4) is 0 Å². The molecule has 0 aromatic rings. The molecule has 2 fully saturated rings. The van der Waals surface area contributed by atoms with E-state index >= 15 is 0 Å². The molecule has 2 nitrogen and oxygen atoms in total. The fraction of sp³-hybridized carbons (Fsp3) is 1.00. The first kappa shape index (κ1) is 11.4. The molecule has 1 N–H and O–H groups in total. The zero-order chi connectivity index (χ0) is 10.7. The van der Waals surface area contributed by atoms with Gasteiger partial charge in [0.15, 0.2) is 0 Å². The lowest BCUT2D eigenvalue weighted by molar-refractivity contribution is 0.134. The Hall–Kier alpha value is -0.0800. The number of likely N-dealkylation sites (tertiary alicyclic amines) is 1. The van der Waals surface area contributed by atoms with Crippen molar-refractivity contribution in [1.29, 1.82) is 0 Å². The summed E-state index contributed by atoms with van der Waals surface area (Å²) in [6, 6.07) is 0. The van der Waals surface area contributed by atoms with Crippen molar-refractivity contribution in [2.45, 2.75) is 33.1 Å². The van der Waals surface area contributed by atoms with Gasteiger partial charge in [0.1, 0.15) is 0 Å². The lowest BCUT2D eigenvalue weighted by Gasteiger charge is -2.35. The fourth-order valence-corrected chi connectivity index (χ4v) is 3.30. The average molecular weight is 210 g/mol. The normalized spacial score (nSPS) is 38.4. The molecular formula is C13H26N2. The third-order valence-electron chi connectivity index (χ3n) is 3.96. The zero-order valence-electron chi connectivity index (χ0n) is 10.3. The SMILES string of the molecule is CC1CC(C)CN(CCC2CCNC2)C1. The summed E-state index contributed by atoms with van der Waals surface area (Å²) in [5.41, 5.74) is 0. The van der Waals surface area contributed by atoms with Crippen LogP contribution in [0.15, 0.2) is 0 Å². The number of nitrogens with one attached hydrogen (secondary N) is 1. The molecule has 2 rings (SSSR count). The Morgan fingerprint density at radius 3 is 2.53 bits per heavy atom. The van der Waals surface area contributed by atoms with Crippen LogP contribution in [-0.4, -0.2) is 37.6 Å². The Morgan fingerprint density at radius 1 is 1.20 bits per heavy atom. The van der Waals surface area contributed by atoms with Crippen LogP contribution in [0.5, 0.6) is 0 Å². The molecule has 0 aromatic heterocycles. The Morgan fingerprint density at radius 2 is 1.93 bits per heavy atom. The minimum absolute atomic E-state index is 0.912. The molecule has 2 heteroatoms. The molecule has 0 bridgehead atoms. The monoisotopic (exact) mass is 210 g/mol. The first-order chi connectivity index (χ1) is 7.24. The van der Waals surface area contributed by atoms with Crippen LogP contribution in [0, 0.1) is 17.8 Å². The van der Waals surface area contributed by atoms with Crippen LogP contribution in [0.4, 0.5) is 0 Å². The van der Waals surface area contributed by atoms with Gasteiger partial charge in [-0.2, -0.15) is 0 Å². The molecular weight excluding hydrogens is 184 g/mol. The van der Waals surface area contributed by atoms with Gasteiger partial charge in [0.2, 0.25) is 0 Å². The molecule has 3 atom stereocenters. The van der Waals surface area contributed by atoms with E-state index in [0.29, 0.717) is 0 Å². The second kappa shape index (κ2) is 5.31. The van der Waals surface area contributed by atoms with Crippen molar-refractivity contribution in [2.24, 2.45) is 17.8 Å². The maximum absolute atomic E-state index is 3.46. The summed E-state index contributed by atoms with van der Waals surface area (Å²) in [5, 5.41) is 3.46. The molecule has 15 heavy (non-hydrogen) atoms. The Kier molecular flexibility index (Phi) is 4.04. The van der Waals surface area contributed by atoms with Crippen molar-refractivity contribution < 1.29 is 0 Å². The van der Waals surface area contributed by atoms with Gasteiger partial charge in [0, 0.05) is 13.1 Å². The highest BCUT2D eigenvalue weighted by Gasteiger charge is 2.22. The van der Waals surface area contributed by atoms with E-state index in [0.717, 1.165) is 17.8 Å². The second-order valence-corrected chi connectivity index (χ2v) is 5.85. The Balaban J connectivity index is 1.69. The summed E-state index contributed by atoms with van der Waals surface area (Å²) >= 11 is 0. The van der Waals surface area contributed by atoms with E-state index in [1.807, 2.05) is 0 Å². The number of nitrogens with zero attached hydrogens (tertiary/aromatic N) is 1. The van der Waals surface area contributed by atoms with Crippen LogP contribution in [0.2, 0.25) is 0 Å². The van der Waals surface area contributed by atoms with Crippen LogP contribution >= 0.6 is 0 Å². The highest BCUT2D eigenvalue weighted by Crippen LogP contribution is 2.22. The molecule has 2 saturated heterocycles. The molecule has 2 aliphatic heterocycles. The molecule has 88 valence electrons. The number of piperidine rings is 1. The van der Waals surface area contributed by atoms with Gasteiger partial charge in [0.25, 0.3) is 0 Å². The van der Waals surface area contributed by atoms with Crippen molar-refractivity contribution in [2.75, 3.05) is 32.7 Å². The summed E-state index contributed by atoms with van der Waals surface area (Å²) in [7, 11) is 0. The topological polar surface area (TPSA) is 15.3 Å². The summed E-state index contributed by atoms with van der Waals surface area (Å²) in [5.74, 6) is 2.78. The van der Waals surface area contributed by atoms with E-state index in [1.54, 1.807) is 0 Å². The zero-order valence-corrected chi connectivity index (χ0v) is 10.3. The highest BCUT2D eigenvalue weighted by atomic mass is 15.1. The van der Waals surface area contributed by atoms with Crippen LogP contribution in [-0.2, 0) is 0 Å². The summed E-state index contributed by atoms with van der Waals surface area (Å²) < 4.78 is 0. The standard InChI is InChI=1S/C13H26N2/c1-11-7-12(2)10-15(9-11)6-4-13-3-5-14-8-13/h11-14H,3-10H2,1-2H3. The number of rotatable bonds is 3. The quantitative estimate of drug-likeness (QED) is 0.766. The third kappa shape index (κ3) is 3.46. The van der Waals surface area contributed by atoms with Crippen LogP contribution in [0.1, 0.15) is 33.1 Å². The van der Waals surface area contributed by atoms with E-state index in [9.17, 15) is 0 Å². The molecule has 2 heterocycles. The fourth-order valence-electron chi connectivity index (χ4n) is 3.30. The molecule has 0 aromatic carbocycles. The molecule has 0 radical (unpaired) electrons. The molecule has 0 saturated carbocycles. The lowest BCUT2D eigenvalue weighted by Crippen LogP contribution is -2.39. The van der Waals surface area contributed by atoms with Crippen LogP contribution in [0.25, 0.3) is 0 Å². The van der Waals surface area contributed by atoms with Gasteiger partial charge >= 0.3 is 0 Å². The average Bonchev–Trinajstić information content (AvgIpc) is 2.65. The van der Waals surface area contributed by atoms with E-state index in [1.165, 1.54) is 52.0 Å². The Labute approximate surface area is 94.4 Å². The third-order valence-corrected chi connectivity index (χ3v) is 3.96. The highest BCUT2D eigenvalue weighted by molar-refractivity contribution is 4.77. The van der Waals surface area contributed by atoms with E-state index in [4.69, 9.17) is 0 Å². The van der Waals surface area contributed by atoms with Crippen molar-refractivity contribution in [3.63, 3.8) is 0 Å². The first-order valence-corrected chi connectivity index (χ1v) is 6.67. The maximum Gasteiger partial charge on any atom is 0.000724 e. The lowest BCUT2D eigenvalue weighted by atomic mass is 9.91. The predicted octanol–water partition coefficient (Wildman–Crippen LogP) is 1.96. The minimum atomic E-state index is 0.912. The molecule has 2 aliphatic rings. The predicted molar refractivity (Wildman–Crippen MR) is 65.0 cm³/mol. The van der Waals surface area contributed by atoms with E-state index < -0.39 is 0 Å². The van der Waals surface area contributed by atoms with Gasteiger partial charge in [-0.1, -0.05) is 13.8 Å². The Bertz CT molecular complexity index is 177. The molecule has 0 amide bonds. The van der Waals surface area contributed by atoms with Gasteiger partial charge in [0.05, 0.1) is 0 Å². The molecule has 0 spiro atoms. The van der Waals surface area contributed by atoms with E-state index in [2.05, 4.69) is 24.1 Å². The van der Waals surface area contributed by atoms with Gasteiger partial charge in [-0.15, -0.1) is 0 Å².